The summed E-state index contributed by atoms with van der Waals surface area (Å²) in [6.07, 6.45) is 2.83. The molecular formula is C12H21NO4. The molecule has 98 valence electrons. The fourth-order valence-electron chi connectivity index (χ4n) is 2.07. The van der Waals surface area contributed by atoms with Gasteiger partial charge in [-0.15, -0.1) is 0 Å². The molecular weight excluding hydrogens is 222 g/mol. The summed E-state index contributed by atoms with van der Waals surface area (Å²) in [6, 6.07) is 0. The highest BCUT2D eigenvalue weighted by Gasteiger charge is 2.47. The first-order chi connectivity index (χ1) is 8.06. The van der Waals surface area contributed by atoms with Crippen molar-refractivity contribution in [2.24, 2.45) is 0 Å². The summed E-state index contributed by atoms with van der Waals surface area (Å²) in [5.74, 6) is -0.373. The van der Waals surface area contributed by atoms with Crippen LogP contribution in [0.5, 0.6) is 0 Å². The van der Waals surface area contributed by atoms with Crippen molar-refractivity contribution in [2.45, 2.75) is 45.1 Å². The molecule has 0 aliphatic carbocycles. The molecule has 0 aromatic rings. The molecule has 0 radical (unpaired) electrons. The van der Waals surface area contributed by atoms with Gasteiger partial charge in [-0.3, -0.25) is 4.90 Å². The zero-order chi connectivity index (χ0) is 12.9. The fourth-order valence-corrected chi connectivity index (χ4v) is 2.07. The van der Waals surface area contributed by atoms with Crippen molar-refractivity contribution in [3.8, 4) is 0 Å². The molecule has 17 heavy (non-hydrogen) atoms. The predicted molar refractivity (Wildman–Crippen MR) is 62.6 cm³/mol. The van der Waals surface area contributed by atoms with E-state index in [1.165, 1.54) is 12.0 Å². The van der Waals surface area contributed by atoms with E-state index in [1.807, 2.05) is 6.92 Å². The average molecular weight is 243 g/mol. The summed E-state index contributed by atoms with van der Waals surface area (Å²) in [5, 5.41) is 0. The minimum Gasteiger partial charge on any atom is -0.467 e. The van der Waals surface area contributed by atoms with Crippen LogP contribution in [0.3, 0.4) is 0 Å². The molecule has 0 spiro atoms. The van der Waals surface area contributed by atoms with Crippen LogP contribution in [0, 0.1) is 0 Å². The van der Waals surface area contributed by atoms with Crippen LogP contribution in [0.1, 0.15) is 39.5 Å². The second-order valence-electron chi connectivity index (χ2n) is 4.49. The van der Waals surface area contributed by atoms with Crippen molar-refractivity contribution in [2.75, 3.05) is 20.3 Å². The molecule has 1 fully saturated rings. The Morgan fingerprint density at radius 3 is 2.71 bits per heavy atom. The Morgan fingerprint density at radius 2 is 2.12 bits per heavy atom. The third-order valence-electron chi connectivity index (χ3n) is 3.21. The summed E-state index contributed by atoms with van der Waals surface area (Å²) < 4.78 is 9.89. The van der Waals surface area contributed by atoms with Crippen molar-refractivity contribution in [1.29, 1.82) is 0 Å². The molecule has 5 nitrogen and oxygen atoms in total. The second kappa shape index (κ2) is 5.89. The van der Waals surface area contributed by atoms with Crippen LogP contribution in [-0.4, -0.2) is 42.8 Å². The van der Waals surface area contributed by atoms with Crippen LogP contribution < -0.4 is 0 Å². The van der Waals surface area contributed by atoms with Gasteiger partial charge in [0.25, 0.3) is 0 Å². The third-order valence-corrected chi connectivity index (χ3v) is 3.21. The minimum absolute atomic E-state index is 0.373. The van der Waals surface area contributed by atoms with Crippen LogP contribution in [0.4, 0.5) is 4.79 Å². The number of unbranched alkanes of at least 4 members (excludes halogenated alkanes) is 1. The summed E-state index contributed by atoms with van der Waals surface area (Å²) in [6.45, 7) is 4.72. The second-order valence-corrected chi connectivity index (χ2v) is 4.49. The van der Waals surface area contributed by atoms with Gasteiger partial charge in [-0.2, -0.15) is 0 Å². The number of nitrogens with zero attached hydrogens (tertiary/aromatic N) is 1. The van der Waals surface area contributed by atoms with Crippen molar-refractivity contribution in [3.63, 3.8) is 0 Å². The van der Waals surface area contributed by atoms with Crippen LogP contribution in [0.2, 0.25) is 0 Å². The lowest BCUT2D eigenvalue weighted by Gasteiger charge is -2.31. The molecule has 0 unspecified atom stereocenters. The molecule has 0 saturated carbocycles. The van der Waals surface area contributed by atoms with Gasteiger partial charge >= 0.3 is 12.1 Å². The van der Waals surface area contributed by atoms with E-state index < -0.39 is 11.6 Å². The SMILES string of the molecule is CCCCOC(=O)N1CCC[C@]1(C)C(=O)OC. The van der Waals surface area contributed by atoms with Gasteiger partial charge in [0.15, 0.2) is 0 Å². The predicted octanol–water partition coefficient (Wildman–Crippen LogP) is 1.95. The number of carbonyl (C=O) groups is 2. The highest BCUT2D eigenvalue weighted by atomic mass is 16.6. The highest BCUT2D eigenvalue weighted by Crippen LogP contribution is 2.30. The Morgan fingerprint density at radius 1 is 1.41 bits per heavy atom. The number of ether oxygens (including phenoxy) is 2. The van der Waals surface area contributed by atoms with E-state index in [9.17, 15) is 9.59 Å². The van der Waals surface area contributed by atoms with Gasteiger partial charge in [0.1, 0.15) is 5.54 Å². The number of rotatable bonds is 4. The topological polar surface area (TPSA) is 55.8 Å². The third kappa shape index (κ3) is 2.90. The Bertz CT molecular complexity index is 292. The van der Waals surface area contributed by atoms with Gasteiger partial charge in [0, 0.05) is 6.54 Å². The molecule has 1 aliphatic rings. The standard InChI is InChI=1S/C12H21NO4/c1-4-5-9-17-11(15)13-8-6-7-12(13,2)10(14)16-3/h4-9H2,1-3H3/t12-/m1/s1. The lowest BCUT2D eigenvalue weighted by molar-refractivity contribution is -0.151. The van der Waals surface area contributed by atoms with E-state index in [2.05, 4.69) is 0 Å². The number of methoxy groups -OCH3 is 1. The zero-order valence-corrected chi connectivity index (χ0v) is 10.8. The Hall–Kier alpha value is -1.26. The van der Waals surface area contributed by atoms with E-state index in [0.717, 1.165) is 19.3 Å². The van der Waals surface area contributed by atoms with E-state index in [-0.39, 0.29) is 5.97 Å². The monoisotopic (exact) mass is 243 g/mol. The fraction of sp³-hybridized carbons (Fsp3) is 0.833. The first-order valence-corrected chi connectivity index (χ1v) is 6.09. The number of esters is 1. The van der Waals surface area contributed by atoms with Gasteiger partial charge in [-0.25, -0.2) is 9.59 Å². The minimum atomic E-state index is -0.863. The van der Waals surface area contributed by atoms with Gasteiger partial charge in [0.2, 0.25) is 0 Å². The first-order valence-electron chi connectivity index (χ1n) is 6.09. The molecule has 0 bridgehead atoms. The normalized spacial score (nSPS) is 23.6. The molecule has 0 N–H and O–H groups in total. The maximum Gasteiger partial charge on any atom is 0.410 e. The lowest BCUT2D eigenvalue weighted by atomic mass is 10.00. The maximum absolute atomic E-state index is 11.9. The Balaban J connectivity index is 2.62. The Labute approximate surface area is 102 Å². The quantitative estimate of drug-likeness (QED) is 0.559. The van der Waals surface area contributed by atoms with Crippen LogP contribution in [0.15, 0.2) is 0 Å². The number of hydrogen-bond donors (Lipinski definition) is 0. The number of amides is 1. The molecule has 0 aromatic carbocycles. The van der Waals surface area contributed by atoms with Crippen molar-refractivity contribution in [3.05, 3.63) is 0 Å². The smallest absolute Gasteiger partial charge is 0.410 e. The number of carbonyl (C=O) groups excluding carboxylic acids is 2. The van der Waals surface area contributed by atoms with Gasteiger partial charge < -0.3 is 9.47 Å². The molecule has 1 heterocycles. The van der Waals surface area contributed by atoms with Crippen LogP contribution in [0.25, 0.3) is 0 Å². The van der Waals surface area contributed by atoms with Crippen LogP contribution >= 0.6 is 0 Å². The molecule has 5 heteroatoms. The number of likely N-dealkylation sites (tertiary alicyclic amines) is 1. The molecule has 1 atom stereocenters. The Kier molecular flexibility index (Phi) is 4.78. The molecule has 1 aliphatic heterocycles. The maximum atomic E-state index is 11.9. The van der Waals surface area contributed by atoms with E-state index in [4.69, 9.17) is 9.47 Å². The largest absolute Gasteiger partial charge is 0.467 e. The van der Waals surface area contributed by atoms with Gasteiger partial charge in [0.05, 0.1) is 13.7 Å². The average Bonchev–Trinajstić information content (AvgIpc) is 2.71. The summed E-state index contributed by atoms with van der Waals surface area (Å²) in [7, 11) is 1.34. The van der Waals surface area contributed by atoms with Gasteiger partial charge in [-0.1, -0.05) is 13.3 Å². The summed E-state index contributed by atoms with van der Waals surface area (Å²) in [4.78, 5) is 25.0. The molecule has 1 amide bonds. The van der Waals surface area contributed by atoms with Crippen LogP contribution in [-0.2, 0) is 14.3 Å². The van der Waals surface area contributed by atoms with E-state index in [1.54, 1.807) is 6.92 Å². The first kappa shape index (κ1) is 13.8. The highest BCUT2D eigenvalue weighted by molar-refractivity contribution is 5.86. The molecule has 1 saturated heterocycles. The van der Waals surface area contributed by atoms with Crippen molar-refractivity contribution >= 4 is 12.1 Å². The number of hydrogen-bond acceptors (Lipinski definition) is 4. The zero-order valence-electron chi connectivity index (χ0n) is 10.8. The molecule has 1 rings (SSSR count). The lowest BCUT2D eigenvalue weighted by Crippen LogP contribution is -2.51. The van der Waals surface area contributed by atoms with Crippen molar-refractivity contribution in [1.82, 2.24) is 4.90 Å². The summed E-state index contributed by atoms with van der Waals surface area (Å²) in [5.41, 5.74) is -0.863. The van der Waals surface area contributed by atoms with E-state index >= 15 is 0 Å². The summed E-state index contributed by atoms with van der Waals surface area (Å²) >= 11 is 0. The molecule has 0 aromatic heterocycles. The van der Waals surface area contributed by atoms with Gasteiger partial charge in [-0.05, 0) is 26.2 Å². The van der Waals surface area contributed by atoms with Crippen molar-refractivity contribution < 1.29 is 19.1 Å². The van der Waals surface area contributed by atoms with E-state index in [0.29, 0.717) is 19.6 Å².